The molecule has 2 heterocycles. The lowest BCUT2D eigenvalue weighted by molar-refractivity contribution is -0.118. The quantitative estimate of drug-likeness (QED) is 0.404. The summed E-state index contributed by atoms with van der Waals surface area (Å²) in [5.74, 6) is -1.39. The first-order valence-corrected chi connectivity index (χ1v) is 11.3. The monoisotopic (exact) mass is 478 g/mol. The maximum absolute atomic E-state index is 12.7. The molecule has 0 unspecified atom stereocenters. The van der Waals surface area contributed by atoms with Crippen LogP contribution in [0.5, 0.6) is 5.75 Å². The Balaban J connectivity index is 1.55. The Hall–Kier alpha value is -4.05. The maximum Gasteiger partial charge on any atom is 0.362 e. The van der Waals surface area contributed by atoms with Crippen LogP contribution < -0.4 is 15.6 Å². The number of carbonyl (C=O) groups excluding carboxylic acids is 2. The molecule has 4 rings (SSSR count). The summed E-state index contributed by atoms with van der Waals surface area (Å²) >= 11 is 1.34. The molecule has 0 fully saturated rings. The lowest BCUT2D eigenvalue weighted by atomic mass is 10.2. The Morgan fingerprint density at radius 3 is 2.53 bits per heavy atom. The Morgan fingerprint density at radius 1 is 1.06 bits per heavy atom. The number of aryl methyl sites for hydroxylation is 2. The van der Waals surface area contributed by atoms with Crippen molar-refractivity contribution in [1.29, 1.82) is 0 Å². The molecule has 2 aromatic heterocycles. The van der Waals surface area contributed by atoms with Crippen LogP contribution in [-0.4, -0.2) is 39.9 Å². The highest BCUT2D eigenvalue weighted by molar-refractivity contribution is 7.22. The number of nitrogens with one attached hydrogen (secondary N) is 1. The smallest absolute Gasteiger partial charge is 0.362 e. The van der Waals surface area contributed by atoms with Crippen LogP contribution in [0.2, 0.25) is 0 Å². The molecule has 4 aromatic rings. The number of carbonyl (C=O) groups is 2. The van der Waals surface area contributed by atoms with E-state index in [4.69, 9.17) is 9.47 Å². The third-order valence-corrected chi connectivity index (χ3v) is 5.73. The van der Waals surface area contributed by atoms with E-state index in [1.807, 2.05) is 44.2 Å². The van der Waals surface area contributed by atoms with E-state index >= 15 is 0 Å². The molecule has 34 heavy (non-hydrogen) atoms. The number of hydrogen-bond acceptors (Lipinski definition) is 8. The summed E-state index contributed by atoms with van der Waals surface area (Å²) in [4.78, 5) is 42.0. The van der Waals surface area contributed by atoms with E-state index in [1.165, 1.54) is 11.3 Å². The first-order valence-electron chi connectivity index (χ1n) is 10.5. The summed E-state index contributed by atoms with van der Waals surface area (Å²) in [5, 5.41) is 7.25. The van der Waals surface area contributed by atoms with E-state index in [-0.39, 0.29) is 18.1 Å². The fourth-order valence-electron chi connectivity index (χ4n) is 3.15. The van der Waals surface area contributed by atoms with Crippen LogP contribution in [0.1, 0.15) is 28.5 Å². The van der Waals surface area contributed by atoms with Crippen molar-refractivity contribution in [3.8, 4) is 11.4 Å². The highest BCUT2D eigenvalue weighted by Crippen LogP contribution is 2.26. The zero-order valence-corrected chi connectivity index (χ0v) is 19.6. The van der Waals surface area contributed by atoms with Crippen LogP contribution >= 0.6 is 11.3 Å². The molecule has 2 aromatic carbocycles. The summed E-state index contributed by atoms with van der Waals surface area (Å²) in [6, 6.07) is 14.0. The number of hydrogen-bond donors (Lipinski definition) is 1. The van der Waals surface area contributed by atoms with Gasteiger partial charge in [0, 0.05) is 0 Å². The van der Waals surface area contributed by atoms with Crippen molar-refractivity contribution >= 4 is 38.6 Å². The molecule has 9 nitrogen and oxygen atoms in total. The normalized spacial score (nSPS) is 10.8. The van der Waals surface area contributed by atoms with Gasteiger partial charge in [0.15, 0.2) is 17.5 Å². The average molecular weight is 479 g/mol. The van der Waals surface area contributed by atoms with Gasteiger partial charge in [0.05, 0.1) is 28.6 Å². The molecule has 10 heteroatoms. The molecule has 1 N–H and O–H groups in total. The summed E-state index contributed by atoms with van der Waals surface area (Å²) < 4.78 is 12.6. The van der Waals surface area contributed by atoms with Crippen molar-refractivity contribution < 1.29 is 19.1 Å². The van der Waals surface area contributed by atoms with Crippen LogP contribution in [0.15, 0.2) is 53.3 Å². The second kappa shape index (κ2) is 9.84. The predicted octanol–water partition coefficient (Wildman–Crippen LogP) is 3.65. The molecule has 0 aliphatic rings. The fraction of sp³-hybridized carbons (Fsp3) is 0.208. The van der Waals surface area contributed by atoms with Gasteiger partial charge in [-0.05, 0) is 50.6 Å². The molecule has 0 aliphatic heterocycles. The van der Waals surface area contributed by atoms with E-state index in [2.05, 4.69) is 15.4 Å². The number of aromatic nitrogens is 3. The first-order chi connectivity index (χ1) is 16.3. The minimum Gasteiger partial charge on any atom is -0.481 e. The number of rotatable bonds is 7. The molecule has 0 aliphatic carbocycles. The summed E-state index contributed by atoms with van der Waals surface area (Å²) in [6.07, 6.45) is 0. The Kier molecular flexibility index (Phi) is 6.69. The van der Waals surface area contributed by atoms with Gasteiger partial charge < -0.3 is 9.47 Å². The van der Waals surface area contributed by atoms with Gasteiger partial charge >= 0.3 is 5.97 Å². The number of esters is 1. The second-order valence-electron chi connectivity index (χ2n) is 7.49. The van der Waals surface area contributed by atoms with Gasteiger partial charge in [-0.15, -0.1) is 0 Å². The average Bonchev–Trinajstić information content (AvgIpc) is 3.19. The first kappa shape index (κ1) is 23.1. The number of nitrogens with zero attached hydrogens (tertiary/aromatic N) is 3. The van der Waals surface area contributed by atoms with E-state index in [9.17, 15) is 14.4 Å². The molecule has 0 bridgehead atoms. The van der Waals surface area contributed by atoms with E-state index in [0.717, 1.165) is 32.1 Å². The molecule has 0 saturated carbocycles. The van der Waals surface area contributed by atoms with Gasteiger partial charge in [0.25, 0.3) is 11.5 Å². The standard InChI is InChI=1S/C24H22N4O5S/c1-4-32-23(31)22-18(12-21(30)28(27-22)16-8-5-14(2)6-9-16)33-13-20(29)26-24-25-17-10-7-15(3)11-19(17)34-24/h5-12H,4,13H2,1-3H3,(H,25,26,29). The zero-order valence-electron chi connectivity index (χ0n) is 18.8. The third-order valence-electron chi connectivity index (χ3n) is 4.79. The SMILES string of the molecule is CCOC(=O)c1nn(-c2ccc(C)cc2)c(=O)cc1OCC(=O)Nc1nc2ccc(C)cc2s1. The maximum atomic E-state index is 12.7. The van der Waals surface area contributed by atoms with Crippen LogP contribution in [-0.2, 0) is 9.53 Å². The fourth-order valence-corrected chi connectivity index (χ4v) is 4.13. The van der Waals surface area contributed by atoms with Crippen molar-refractivity contribution in [2.45, 2.75) is 20.8 Å². The minimum atomic E-state index is -0.764. The second-order valence-corrected chi connectivity index (χ2v) is 8.52. The van der Waals surface area contributed by atoms with Crippen molar-refractivity contribution in [3.63, 3.8) is 0 Å². The van der Waals surface area contributed by atoms with Gasteiger partial charge in [-0.2, -0.15) is 9.78 Å². The van der Waals surface area contributed by atoms with Crippen molar-refractivity contribution in [1.82, 2.24) is 14.8 Å². The number of amides is 1. The third kappa shape index (κ3) is 5.12. The van der Waals surface area contributed by atoms with Gasteiger partial charge in [0.1, 0.15) is 0 Å². The van der Waals surface area contributed by atoms with Gasteiger partial charge in [-0.25, -0.2) is 9.78 Å². The number of thiazole rings is 1. The number of ether oxygens (including phenoxy) is 2. The zero-order chi connectivity index (χ0) is 24.2. The molecule has 174 valence electrons. The largest absolute Gasteiger partial charge is 0.481 e. The highest BCUT2D eigenvalue weighted by atomic mass is 32.1. The number of anilines is 1. The Bertz CT molecular complexity index is 1430. The van der Waals surface area contributed by atoms with Gasteiger partial charge in [-0.1, -0.05) is 35.1 Å². The van der Waals surface area contributed by atoms with Crippen molar-refractivity contribution in [2.75, 3.05) is 18.5 Å². The predicted molar refractivity (Wildman–Crippen MR) is 129 cm³/mol. The van der Waals surface area contributed by atoms with Crippen LogP contribution in [0.3, 0.4) is 0 Å². The molecule has 0 radical (unpaired) electrons. The topological polar surface area (TPSA) is 112 Å². The van der Waals surface area contributed by atoms with E-state index in [0.29, 0.717) is 10.8 Å². The number of benzene rings is 2. The molecular formula is C24H22N4O5S. The lowest BCUT2D eigenvalue weighted by Crippen LogP contribution is -2.27. The van der Waals surface area contributed by atoms with E-state index in [1.54, 1.807) is 19.1 Å². The minimum absolute atomic E-state index is 0.112. The molecule has 0 saturated heterocycles. The molecule has 0 atom stereocenters. The summed E-state index contributed by atoms with van der Waals surface area (Å²) in [5.41, 5.74) is 2.64. The Morgan fingerprint density at radius 2 is 1.79 bits per heavy atom. The Labute approximate surface area is 199 Å². The molecular weight excluding hydrogens is 456 g/mol. The molecule has 1 amide bonds. The van der Waals surface area contributed by atoms with Crippen molar-refractivity contribution in [3.05, 3.63) is 75.7 Å². The van der Waals surface area contributed by atoms with Crippen LogP contribution in [0, 0.1) is 13.8 Å². The van der Waals surface area contributed by atoms with Gasteiger partial charge in [0.2, 0.25) is 5.69 Å². The summed E-state index contributed by atoms with van der Waals surface area (Å²) in [7, 11) is 0. The number of fused-ring (bicyclic) bond motifs is 1. The van der Waals surface area contributed by atoms with Gasteiger partial charge in [-0.3, -0.25) is 14.9 Å². The van der Waals surface area contributed by atoms with Crippen LogP contribution in [0.4, 0.5) is 5.13 Å². The van der Waals surface area contributed by atoms with Crippen molar-refractivity contribution in [2.24, 2.45) is 0 Å². The van der Waals surface area contributed by atoms with Crippen LogP contribution in [0.25, 0.3) is 15.9 Å². The van der Waals surface area contributed by atoms with E-state index < -0.39 is 24.0 Å². The summed E-state index contributed by atoms with van der Waals surface area (Å²) in [6.45, 7) is 5.22. The lowest BCUT2D eigenvalue weighted by Gasteiger charge is -2.12. The molecule has 0 spiro atoms. The highest BCUT2D eigenvalue weighted by Gasteiger charge is 2.21.